The van der Waals surface area contributed by atoms with Gasteiger partial charge in [-0.25, -0.2) is 4.79 Å². The van der Waals surface area contributed by atoms with Crippen LogP contribution in [0, 0.1) is 0 Å². The van der Waals surface area contributed by atoms with E-state index in [2.05, 4.69) is 15.6 Å². The maximum Gasteiger partial charge on any atom is 0.364 e. The molecule has 0 saturated carbocycles. The Labute approximate surface area is 328 Å². The van der Waals surface area contributed by atoms with Crippen LogP contribution in [0.2, 0.25) is 0 Å². The molecule has 0 radical (unpaired) electrons. The van der Waals surface area contributed by atoms with Gasteiger partial charge in [0.15, 0.2) is 11.7 Å². The number of benzene rings is 2. The highest BCUT2D eigenvalue weighted by molar-refractivity contribution is 5.93. The lowest BCUT2D eigenvalue weighted by Gasteiger charge is -2.47. The van der Waals surface area contributed by atoms with Crippen LogP contribution >= 0.6 is 0 Å². The number of carbonyl (C=O) groups is 2. The van der Waals surface area contributed by atoms with Gasteiger partial charge in [-0.05, 0) is 30.3 Å². The molecule has 3 heterocycles. The van der Waals surface area contributed by atoms with E-state index in [1.165, 1.54) is 6.07 Å². The third kappa shape index (κ3) is 9.57. The van der Waals surface area contributed by atoms with Gasteiger partial charge in [0.2, 0.25) is 5.91 Å². The summed E-state index contributed by atoms with van der Waals surface area (Å²) in [5.41, 5.74) is 1.27. The molecule has 58 heavy (non-hydrogen) atoms. The zero-order valence-corrected chi connectivity index (χ0v) is 30.9. The summed E-state index contributed by atoms with van der Waals surface area (Å²) in [5.74, 6) is -5.52. The summed E-state index contributed by atoms with van der Waals surface area (Å²) >= 11 is 0. The monoisotopic (exact) mass is 827 g/mol. The number of aliphatic carboxylic acids is 1. The van der Waals surface area contributed by atoms with E-state index in [-0.39, 0.29) is 5.43 Å². The summed E-state index contributed by atoms with van der Waals surface area (Å²) < 4.78 is 22.2. The number of carbonyl (C=O) groups excluding carboxylic acids is 1. The maximum atomic E-state index is 13.1. The molecule has 2 aromatic carbocycles. The Morgan fingerprint density at radius 2 is 1.59 bits per heavy atom. The molecule has 5 rings (SSSR count). The van der Waals surface area contributed by atoms with E-state index in [1.54, 1.807) is 36.4 Å². The Balaban J connectivity index is 1.29. The van der Waals surface area contributed by atoms with Crippen molar-refractivity contribution >= 4 is 39.4 Å². The Morgan fingerprint density at radius 3 is 2.24 bits per heavy atom. The minimum atomic E-state index is -2.88. The molecule has 22 heteroatoms. The van der Waals surface area contributed by atoms with Crippen molar-refractivity contribution in [2.24, 2.45) is 0 Å². The molecule has 22 nitrogen and oxygen atoms in total. The van der Waals surface area contributed by atoms with Gasteiger partial charge >= 0.3 is 5.97 Å². The van der Waals surface area contributed by atoms with Gasteiger partial charge in [-0.1, -0.05) is 12.1 Å². The van der Waals surface area contributed by atoms with Crippen molar-refractivity contribution < 1.29 is 89.8 Å². The molecule has 2 saturated heterocycles. The summed E-state index contributed by atoms with van der Waals surface area (Å²) in [7, 11) is 0. The van der Waals surface area contributed by atoms with E-state index in [1.807, 2.05) is 0 Å². The first-order valence-corrected chi connectivity index (χ1v) is 18.2. The van der Waals surface area contributed by atoms with Crippen LogP contribution < -0.4 is 16.1 Å². The van der Waals surface area contributed by atoms with Crippen molar-refractivity contribution in [3.8, 4) is 0 Å². The minimum Gasteiger partial charge on any atom is -0.477 e. The topological polar surface area (TPSA) is 371 Å². The van der Waals surface area contributed by atoms with E-state index in [4.69, 9.17) is 18.9 Å². The summed E-state index contributed by atoms with van der Waals surface area (Å²) in [6.45, 7) is -2.48. The van der Waals surface area contributed by atoms with Crippen molar-refractivity contribution in [2.45, 2.75) is 105 Å². The van der Waals surface area contributed by atoms with Crippen molar-refractivity contribution in [2.75, 3.05) is 31.7 Å². The van der Waals surface area contributed by atoms with E-state index in [9.17, 15) is 75.7 Å². The lowest BCUT2D eigenvalue weighted by atomic mass is 9.88. The first-order chi connectivity index (χ1) is 27.4. The number of aromatic amines is 1. The highest BCUT2D eigenvalue weighted by atomic mass is 16.7. The quantitative estimate of drug-likeness (QED) is 0.0564. The molecule has 2 fully saturated rings. The number of amides is 1. The number of ether oxygens (including phenoxy) is 4. The Hall–Kier alpha value is -3.95. The highest BCUT2D eigenvalue weighted by Gasteiger charge is 2.57. The molecule has 15 atom stereocenters. The SMILES string of the molecule is CC(=O)N[C@H]1[C@H]([C@H](O)[C@H](O)CO)O[C@@](OC[C@H]2O[C@@H](O[C@@H]([C@H](O)[C@@H](O)CNc3ccc4[nH]c5ccccc5c(=O)c4c3)[C@H](O)CO)[C@H](O)[C@@H](O)[C@H]2O)(C(=O)O)C[C@@H]1O. The zero-order valence-electron chi connectivity index (χ0n) is 30.9. The molecular weight excluding hydrogens is 778 g/mol. The molecule has 2 aliphatic heterocycles. The van der Waals surface area contributed by atoms with Crippen molar-refractivity contribution in [1.82, 2.24) is 10.3 Å². The minimum absolute atomic E-state index is 0.256. The van der Waals surface area contributed by atoms with Crippen LogP contribution in [0.1, 0.15) is 13.3 Å². The average molecular weight is 828 g/mol. The van der Waals surface area contributed by atoms with E-state index in [0.717, 1.165) is 6.92 Å². The number of aliphatic hydroxyl groups excluding tert-OH is 11. The van der Waals surface area contributed by atoms with Crippen LogP contribution in [0.5, 0.6) is 0 Å². The molecule has 15 N–H and O–H groups in total. The lowest BCUT2D eigenvalue weighted by molar-refractivity contribution is -0.349. The van der Waals surface area contributed by atoms with Gasteiger partial charge in [0.25, 0.3) is 5.79 Å². The largest absolute Gasteiger partial charge is 0.477 e. The van der Waals surface area contributed by atoms with Gasteiger partial charge in [-0.15, -0.1) is 0 Å². The van der Waals surface area contributed by atoms with E-state index < -0.39 is 136 Å². The number of hydrogen-bond donors (Lipinski definition) is 15. The van der Waals surface area contributed by atoms with Crippen LogP contribution in [-0.2, 0) is 28.5 Å². The third-order valence-electron chi connectivity index (χ3n) is 10.1. The number of hydrogen-bond acceptors (Lipinski definition) is 19. The van der Waals surface area contributed by atoms with Crippen LogP contribution in [0.4, 0.5) is 5.69 Å². The predicted octanol–water partition coefficient (Wildman–Crippen LogP) is -5.47. The fourth-order valence-electron chi connectivity index (χ4n) is 6.91. The Kier molecular flexibility index (Phi) is 14.8. The molecule has 0 bridgehead atoms. The van der Waals surface area contributed by atoms with Crippen LogP contribution in [-0.4, -0.2) is 196 Å². The third-order valence-corrected chi connectivity index (χ3v) is 10.1. The second-order valence-electron chi connectivity index (χ2n) is 14.3. The highest BCUT2D eigenvalue weighted by Crippen LogP contribution is 2.35. The number of carboxylic acids is 1. The number of pyridine rings is 1. The Bertz CT molecular complexity index is 1940. The summed E-state index contributed by atoms with van der Waals surface area (Å²) in [6.07, 6.45) is -26.5. The second-order valence-corrected chi connectivity index (χ2v) is 14.3. The number of nitrogens with one attached hydrogen (secondary N) is 3. The van der Waals surface area contributed by atoms with Gasteiger partial charge in [-0.3, -0.25) is 9.59 Å². The van der Waals surface area contributed by atoms with Gasteiger partial charge < -0.3 is 95.8 Å². The summed E-state index contributed by atoms with van der Waals surface area (Å²) in [6, 6.07) is 10.1. The molecule has 322 valence electrons. The van der Waals surface area contributed by atoms with Crippen molar-refractivity contribution in [3.63, 3.8) is 0 Å². The number of H-pyrrole nitrogens is 1. The number of rotatable bonds is 17. The first-order valence-electron chi connectivity index (χ1n) is 18.2. The number of aromatic nitrogens is 1. The number of fused-ring (bicyclic) bond motifs is 2. The number of carboxylic acid groups (broad SMARTS) is 1. The normalized spacial score (nSPS) is 30.9. The zero-order chi connectivity index (χ0) is 42.6. The van der Waals surface area contributed by atoms with Crippen LogP contribution in [0.3, 0.4) is 0 Å². The molecule has 2 aliphatic rings. The van der Waals surface area contributed by atoms with Crippen LogP contribution in [0.25, 0.3) is 21.8 Å². The maximum absolute atomic E-state index is 13.1. The molecular formula is C36H49N3O19. The number of para-hydroxylation sites is 1. The standard InChI is InChI=1S/C36H49N3O19/c1-14(42)38-25-20(43)9-36(35(53)54,58-33(25)28(49)22(45)11-40)55-13-24-29(50)30(51)31(52)34(56-24)57-32(23(46)12-41)27(48)21(44)10-37-15-6-7-19-17(8-15)26(47)16-4-2-3-5-18(16)39-19/h2-8,20-25,27-34,37,40-41,43-46,48-52H,9-13H2,1H3,(H,38,42)(H,39,47)(H,53,54)/t20-,21-,22+,23+,24+,25+,27+,28+,29-,30-,31+,32+,33+,34-,36+/m0/s1. The first kappa shape index (κ1) is 45.1. The van der Waals surface area contributed by atoms with Gasteiger partial charge in [0.05, 0.1) is 38.1 Å². The van der Waals surface area contributed by atoms with Gasteiger partial charge in [0, 0.05) is 47.4 Å². The van der Waals surface area contributed by atoms with E-state index in [0.29, 0.717) is 27.5 Å². The summed E-state index contributed by atoms with van der Waals surface area (Å²) in [5, 5.41) is 132. The molecule has 3 aromatic rings. The summed E-state index contributed by atoms with van der Waals surface area (Å²) in [4.78, 5) is 40.6. The number of aliphatic hydroxyl groups is 11. The molecule has 1 amide bonds. The average Bonchev–Trinajstić information content (AvgIpc) is 3.20. The van der Waals surface area contributed by atoms with Crippen molar-refractivity contribution in [1.29, 1.82) is 0 Å². The van der Waals surface area contributed by atoms with Gasteiger partial charge in [0.1, 0.15) is 61.0 Å². The predicted molar refractivity (Wildman–Crippen MR) is 196 cm³/mol. The molecule has 0 unspecified atom stereocenters. The van der Waals surface area contributed by atoms with Crippen LogP contribution in [0.15, 0.2) is 47.3 Å². The molecule has 0 spiro atoms. The van der Waals surface area contributed by atoms with Crippen molar-refractivity contribution in [3.05, 3.63) is 52.7 Å². The lowest BCUT2D eigenvalue weighted by Crippen LogP contribution is -2.68. The Morgan fingerprint density at radius 1 is 0.914 bits per heavy atom. The molecule has 0 aliphatic carbocycles. The second kappa shape index (κ2) is 19.0. The molecule has 1 aromatic heterocycles. The van der Waals surface area contributed by atoms with Gasteiger partial charge in [-0.2, -0.15) is 0 Å². The number of anilines is 1. The smallest absolute Gasteiger partial charge is 0.364 e. The van der Waals surface area contributed by atoms with E-state index >= 15 is 0 Å². The fraction of sp³-hybridized carbons (Fsp3) is 0.583. The fourth-order valence-corrected chi connectivity index (χ4v) is 6.91.